The van der Waals surface area contributed by atoms with Crippen molar-refractivity contribution in [2.24, 2.45) is 0 Å². The molecule has 0 fully saturated rings. The van der Waals surface area contributed by atoms with Crippen molar-refractivity contribution in [1.29, 1.82) is 0 Å². The zero-order valence-electron chi connectivity index (χ0n) is 6.14. The molecule has 0 atom stereocenters. The zero-order chi connectivity index (χ0) is 8.97. The Morgan fingerprint density at radius 3 is 2.67 bits per heavy atom. The summed E-state index contributed by atoms with van der Waals surface area (Å²) in [6.45, 7) is 0. The van der Waals surface area contributed by atoms with Crippen molar-refractivity contribution < 1.29 is 5.11 Å². The molecule has 0 bridgehead atoms. The van der Waals surface area contributed by atoms with Gasteiger partial charge in [0.05, 0.1) is 5.88 Å². The van der Waals surface area contributed by atoms with Crippen LogP contribution in [0, 0.1) is 11.8 Å². The number of hydrogen-bond acceptors (Lipinski definition) is 1. The fraction of sp³-hybridized carbons (Fsp3) is 0.111. The van der Waals surface area contributed by atoms with Crippen molar-refractivity contribution >= 4 is 23.2 Å². The molecule has 1 aromatic rings. The second kappa shape index (κ2) is 4.25. The molecule has 1 rings (SSSR count). The lowest BCUT2D eigenvalue weighted by molar-refractivity contribution is 0.475. The van der Waals surface area contributed by atoms with E-state index >= 15 is 0 Å². The fourth-order valence-corrected chi connectivity index (χ4v) is 1.08. The molecular formula is C9H6Cl2O. The van der Waals surface area contributed by atoms with Crippen LogP contribution in [0.3, 0.4) is 0 Å². The van der Waals surface area contributed by atoms with Gasteiger partial charge in [0, 0.05) is 10.6 Å². The van der Waals surface area contributed by atoms with Gasteiger partial charge in [-0.2, -0.15) is 0 Å². The van der Waals surface area contributed by atoms with Gasteiger partial charge in [0.2, 0.25) is 0 Å². The van der Waals surface area contributed by atoms with E-state index in [0.717, 1.165) is 0 Å². The number of halogens is 2. The van der Waals surface area contributed by atoms with E-state index in [1.165, 1.54) is 12.1 Å². The summed E-state index contributed by atoms with van der Waals surface area (Å²) in [6.07, 6.45) is 0. The van der Waals surface area contributed by atoms with Crippen LogP contribution in [0.25, 0.3) is 0 Å². The van der Waals surface area contributed by atoms with Gasteiger partial charge in [0.1, 0.15) is 5.75 Å². The maximum Gasteiger partial charge on any atom is 0.118 e. The highest BCUT2D eigenvalue weighted by Gasteiger charge is 1.94. The van der Waals surface area contributed by atoms with Crippen LogP contribution in [0.4, 0.5) is 0 Å². The topological polar surface area (TPSA) is 20.2 Å². The highest BCUT2D eigenvalue weighted by atomic mass is 35.5. The van der Waals surface area contributed by atoms with Crippen LogP contribution in [0.15, 0.2) is 18.2 Å². The predicted molar refractivity (Wildman–Crippen MR) is 50.7 cm³/mol. The lowest BCUT2D eigenvalue weighted by Crippen LogP contribution is -1.75. The standard InChI is InChI=1S/C9H6Cl2O/c10-3-1-2-7-4-8(11)6-9(12)5-7/h4-6,12H,3H2. The van der Waals surface area contributed by atoms with E-state index in [9.17, 15) is 0 Å². The molecule has 1 aromatic carbocycles. The van der Waals surface area contributed by atoms with Crippen LogP contribution in [-0.4, -0.2) is 11.0 Å². The van der Waals surface area contributed by atoms with E-state index in [1.54, 1.807) is 6.07 Å². The highest BCUT2D eigenvalue weighted by molar-refractivity contribution is 6.30. The molecule has 0 amide bonds. The van der Waals surface area contributed by atoms with E-state index in [4.69, 9.17) is 28.3 Å². The second-order valence-corrected chi connectivity index (χ2v) is 2.84. The lowest BCUT2D eigenvalue weighted by atomic mass is 10.2. The molecule has 0 spiro atoms. The van der Waals surface area contributed by atoms with Gasteiger partial charge in [-0.05, 0) is 18.2 Å². The number of phenolic OH excluding ortho intramolecular Hbond substituents is 1. The summed E-state index contributed by atoms with van der Waals surface area (Å²) < 4.78 is 0. The normalized spacial score (nSPS) is 8.83. The van der Waals surface area contributed by atoms with Gasteiger partial charge in [-0.15, -0.1) is 11.6 Å². The molecule has 0 aromatic heterocycles. The third-order valence-corrected chi connectivity index (χ3v) is 1.53. The molecule has 0 saturated carbocycles. The summed E-state index contributed by atoms with van der Waals surface area (Å²) in [5.41, 5.74) is 0.667. The molecule has 1 N–H and O–H groups in total. The first-order valence-corrected chi connectivity index (χ1v) is 4.18. The largest absolute Gasteiger partial charge is 0.508 e. The molecule has 0 radical (unpaired) electrons. The van der Waals surface area contributed by atoms with Gasteiger partial charge >= 0.3 is 0 Å². The third kappa shape index (κ3) is 2.65. The van der Waals surface area contributed by atoms with Crippen molar-refractivity contribution in [2.75, 3.05) is 5.88 Å². The maximum atomic E-state index is 9.11. The summed E-state index contributed by atoms with van der Waals surface area (Å²) in [4.78, 5) is 0. The first-order chi connectivity index (χ1) is 5.72. The molecule has 1 nitrogen and oxygen atoms in total. The van der Waals surface area contributed by atoms with Gasteiger partial charge in [-0.3, -0.25) is 0 Å². The summed E-state index contributed by atoms with van der Waals surface area (Å²) in [5, 5.41) is 9.57. The van der Waals surface area contributed by atoms with Crippen molar-refractivity contribution in [3.8, 4) is 17.6 Å². The van der Waals surface area contributed by atoms with Crippen molar-refractivity contribution in [3.05, 3.63) is 28.8 Å². The van der Waals surface area contributed by atoms with Crippen LogP contribution >= 0.6 is 23.2 Å². The average molecular weight is 201 g/mol. The highest BCUT2D eigenvalue weighted by Crippen LogP contribution is 2.18. The molecule has 0 unspecified atom stereocenters. The van der Waals surface area contributed by atoms with E-state index in [0.29, 0.717) is 10.6 Å². The molecule has 62 valence electrons. The number of benzene rings is 1. The van der Waals surface area contributed by atoms with E-state index < -0.39 is 0 Å². The summed E-state index contributed by atoms with van der Waals surface area (Å²) in [6, 6.07) is 4.65. The van der Waals surface area contributed by atoms with Crippen LogP contribution in [0.1, 0.15) is 5.56 Å². The van der Waals surface area contributed by atoms with Crippen LogP contribution in [0.2, 0.25) is 5.02 Å². The Morgan fingerprint density at radius 1 is 1.33 bits per heavy atom. The molecule has 0 aliphatic rings. The van der Waals surface area contributed by atoms with Gasteiger partial charge in [0.15, 0.2) is 0 Å². The Hall–Kier alpha value is -0.840. The van der Waals surface area contributed by atoms with E-state index in [-0.39, 0.29) is 11.6 Å². The minimum atomic E-state index is 0.112. The molecule has 3 heteroatoms. The van der Waals surface area contributed by atoms with Crippen molar-refractivity contribution in [1.82, 2.24) is 0 Å². The minimum Gasteiger partial charge on any atom is -0.508 e. The van der Waals surface area contributed by atoms with Gasteiger partial charge in [0.25, 0.3) is 0 Å². The minimum absolute atomic E-state index is 0.112. The molecule has 12 heavy (non-hydrogen) atoms. The first-order valence-electron chi connectivity index (χ1n) is 3.27. The first kappa shape index (κ1) is 9.25. The zero-order valence-corrected chi connectivity index (χ0v) is 7.65. The van der Waals surface area contributed by atoms with Crippen LogP contribution in [0.5, 0.6) is 5.75 Å². The molecule has 0 aliphatic heterocycles. The van der Waals surface area contributed by atoms with Gasteiger partial charge in [-0.25, -0.2) is 0 Å². The maximum absolute atomic E-state index is 9.11. The average Bonchev–Trinajstić information content (AvgIpc) is 1.99. The Bertz CT molecular complexity index is 316. The van der Waals surface area contributed by atoms with Gasteiger partial charge < -0.3 is 5.11 Å². The van der Waals surface area contributed by atoms with Crippen LogP contribution < -0.4 is 0 Å². The van der Waals surface area contributed by atoms with Crippen LogP contribution in [-0.2, 0) is 0 Å². The number of rotatable bonds is 0. The Morgan fingerprint density at radius 2 is 2.08 bits per heavy atom. The Kier molecular flexibility index (Phi) is 3.28. The van der Waals surface area contributed by atoms with Crippen molar-refractivity contribution in [2.45, 2.75) is 0 Å². The SMILES string of the molecule is Oc1cc(Cl)cc(C#CCCl)c1. The monoisotopic (exact) mass is 200 g/mol. The predicted octanol–water partition coefficient (Wildman–Crippen LogP) is 2.64. The quantitative estimate of drug-likeness (QED) is 0.505. The Labute approximate surface area is 80.9 Å². The summed E-state index contributed by atoms with van der Waals surface area (Å²) in [7, 11) is 0. The van der Waals surface area contributed by atoms with Crippen molar-refractivity contribution in [3.63, 3.8) is 0 Å². The number of phenols is 1. The summed E-state index contributed by atoms with van der Waals surface area (Å²) >= 11 is 11.0. The van der Waals surface area contributed by atoms with Gasteiger partial charge in [-0.1, -0.05) is 23.4 Å². The number of aromatic hydroxyl groups is 1. The molecule has 0 heterocycles. The molecule has 0 aliphatic carbocycles. The smallest absolute Gasteiger partial charge is 0.118 e. The number of alkyl halides is 1. The third-order valence-electron chi connectivity index (χ3n) is 1.18. The number of hydrogen-bond donors (Lipinski definition) is 1. The fourth-order valence-electron chi connectivity index (χ4n) is 0.782. The Balaban J connectivity index is 3.01. The lowest BCUT2D eigenvalue weighted by Gasteiger charge is -1.94. The van der Waals surface area contributed by atoms with E-state index in [1.807, 2.05) is 0 Å². The summed E-state index contributed by atoms with van der Waals surface area (Å²) in [5.74, 6) is 5.80. The second-order valence-electron chi connectivity index (χ2n) is 2.13. The molecule has 0 saturated heterocycles. The molecular weight excluding hydrogens is 195 g/mol. The van der Waals surface area contributed by atoms with E-state index in [2.05, 4.69) is 11.8 Å².